The van der Waals surface area contributed by atoms with Crippen molar-refractivity contribution in [3.05, 3.63) is 29.8 Å². The second-order valence-corrected chi connectivity index (χ2v) is 5.73. The maximum Gasteiger partial charge on any atom is 0.238 e. The number of benzene rings is 1. The zero-order valence-electron chi connectivity index (χ0n) is 11.6. The molecule has 1 aliphatic rings. The van der Waals surface area contributed by atoms with Crippen LogP contribution in [-0.2, 0) is 4.79 Å². The van der Waals surface area contributed by atoms with Crippen LogP contribution in [0.5, 0.6) is 0 Å². The summed E-state index contributed by atoms with van der Waals surface area (Å²) in [5.41, 5.74) is 1.29. The zero-order valence-corrected chi connectivity index (χ0v) is 11.6. The summed E-state index contributed by atoms with van der Waals surface area (Å²) in [5, 5.41) is 12.9. The Morgan fingerprint density at radius 3 is 3.00 bits per heavy atom. The number of rotatable bonds is 3. The first-order chi connectivity index (χ1) is 8.94. The molecule has 1 unspecified atom stereocenters. The maximum atomic E-state index is 12.0. The fraction of sp³-hybridized carbons (Fsp3) is 0.533. The average molecular weight is 262 g/mol. The third-order valence-electron chi connectivity index (χ3n) is 3.42. The molecule has 0 saturated carbocycles. The van der Waals surface area contributed by atoms with E-state index < -0.39 is 5.60 Å². The molecule has 0 aromatic heterocycles. The minimum absolute atomic E-state index is 0.0247. The minimum Gasteiger partial charge on any atom is -0.389 e. The van der Waals surface area contributed by atoms with Crippen molar-refractivity contribution < 1.29 is 9.90 Å². The van der Waals surface area contributed by atoms with Gasteiger partial charge in [-0.1, -0.05) is 12.1 Å². The summed E-state index contributed by atoms with van der Waals surface area (Å²) in [5.74, 6) is -0.0247. The molecule has 1 aliphatic heterocycles. The van der Waals surface area contributed by atoms with Gasteiger partial charge in [-0.2, -0.15) is 0 Å². The molecule has 4 nitrogen and oxygen atoms in total. The predicted octanol–water partition coefficient (Wildman–Crippen LogP) is 1.78. The Morgan fingerprint density at radius 2 is 2.32 bits per heavy atom. The van der Waals surface area contributed by atoms with Gasteiger partial charge in [-0.3, -0.25) is 9.69 Å². The van der Waals surface area contributed by atoms with Crippen LogP contribution < -0.4 is 5.32 Å². The first-order valence-electron chi connectivity index (χ1n) is 6.76. The Hall–Kier alpha value is -1.39. The van der Waals surface area contributed by atoms with Crippen LogP contribution in [0.1, 0.15) is 25.3 Å². The lowest BCUT2D eigenvalue weighted by Gasteiger charge is -2.36. The van der Waals surface area contributed by atoms with E-state index >= 15 is 0 Å². The number of nitrogens with one attached hydrogen (secondary N) is 1. The largest absolute Gasteiger partial charge is 0.389 e. The summed E-state index contributed by atoms with van der Waals surface area (Å²) in [6.45, 7) is 5.60. The van der Waals surface area contributed by atoms with Crippen molar-refractivity contribution in [2.45, 2.75) is 32.3 Å². The van der Waals surface area contributed by atoms with Gasteiger partial charge in [-0.15, -0.1) is 0 Å². The van der Waals surface area contributed by atoms with Gasteiger partial charge in [0.2, 0.25) is 5.91 Å². The molecule has 104 valence electrons. The summed E-state index contributed by atoms with van der Waals surface area (Å²) in [4.78, 5) is 14.0. The van der Waals surface area contributed by atoms with Crippen LogP contribution in [0.3, 0.4) is 0 Å². The molecule has 1 heterocycles. The maximum absolute atomic E-state index is 12.0. The molecule has 19 heavy (non-hydrogen) atoms. The summed E-state index contributed by atoms with van der Waals surface area (Å²) >= 11 is 0. The molecule has 0 aliphatic carbocycles. The van der Waals surface area contributed by atoms with Crippen molar-refractivity contribution in [2.75, 3.05) is 25.0 Å². The topological polar surface area (TPSA) is 52.6 Å². The number of carbonyl (C=O) groups excluding carboxylic acids is 1. The Kier molecular flexibility index (Phi) is 4.22. The van der Waals surface area contributed by atoms with Gasteiger partial charge in [0, 0.05) is 12.2 Å². The number of aliphatic hydroxyl groups is 1. The van der Waals surface area contributed by atoms with Gasteiger partial charge in [-0.05, 0) is 50.9 Å². The molecular formula is C15H22N2O2. The molecule has 0 radical (unpaired) electrons. The summed E-state index contributed by atoms with van der Waals surface area (Å²) in [6, 6.07) is 7.76. The van der Waals surface area contributed by atoms with Gasteiger partial charge >= 0.3 is 0 Å². The highest BCUT2D eigenvalue weighted by atomic mass is 16.3. The van der Waals surface area contributed by atoms with E-state index in [2.05, 4.69) is 5.32 Å². The van der Waals surface area contributed by atoms with E-state index in [1.54, 1.807) is 0 Å². The molecule has 1 atom stereocenters. The number of β-amino-alcohol motifs (C(OH)–C–C–N with tert-alkyl or cyclic N) is 1. The van der Waals surface area contributed by atoms with Crippen molar-refractivity contribution in [2.24, 2.45) is 0 Å². The molecule has 1 saturated heterocycles. The first-order valence-corrected chi connectivity index (χ1v) is 6.76. The second-order valence-electron chi connectivity index (χ2n) is 5.73. The van der Waals surface area contributed by atoms with Crippen molar-refractivity contribution in [3.63, 3.8) is 0 Å². The number of piperidine rings is 1. The molecule has 1 amide bonds. The highest BCUT2D eigenvalue weighted by molar-refractivity contribution is 5.92. The Labute approximate surface area is 114 Å². The van der Waals surface area contributed by atoms with Crippen LogP contribution in [-0.4, -0.2) is 41.1 Å². The number of likely N-dealkylation sites (tertiary alicyclic amines) is 1. The highest BCUT2D eigenvalue weighted by Gasteiger charge is 2.29. The Balaban J connectivity index is 1.87. The second kappa shape index (κ2) is 5.72. The van der Waals surface area contributed by atoms with Gasteiger partial charge in [-0.25, -0.2) is 0 Å². The normalized spacial score (nSPS) is 24.2. The number of hydrogen-bond donors (Lipinski definition) is 2. The fourth-order valence-electron chi connectivity index (χ4n) is 2.58. The Bertz CT molecular complexity index is 457. The van der Waals surface area contributed by atoms with Crippen LogP contribution in [0.15, 0.2) is 24.3 Å². The third kappa shape index (κ3) is 4.33. The lowest BCUT2D eigenvalue weighted by molar-refractivity contribution is -0.118. The van der Waals surface area contributed by atoms with Gasteiger partial charge < -0.3 is 10.4 Å². The van der Waals surface area contributed by atoms with Gasteiger partial charge in [0.05, 0.1) is 12.1 Å². The van der Waals surface area contributed by atoms with E-state index in [9.17, 15) is 9.90 Å². The molecule has 1 fully saturated rings. The number of nitrogens with zero attached hydrogens (tertiary/aromatic N) is 1. The lowest BCUT2D eigenvalue weighted by Crippen LogP contribution is -2.48. The number of carbonyl (C=O) groups is 1. The van der Waals surface area contributed by atoms with E-state index in [0.29, 0.717) is 13.1 Å². The van der Waals surface area contributed by atoms with Crippen LogP contribution in [0.2, 0.25) is 0 Å². The molecule has 0 spiro atoms. The molecule has 2 N–H and O–H groups in total. The van der Waals surface area contributed by atoms with Crippen LogP contribution in [0, 0.1) is 6.92 Å². The molecule has 2 rings (SSSR count). The molecule has 1 aromatic rings. The van der Waals surface area contributed by atoms with E-state index in [0.717, 1.165) is 30.6 Å². The van der Waals surface area contributed by atoms with E-state index in [1.807, 2.05) is 43.0 Å². The third-order valence-corrected chi connectivity index (χ3v) is 3.42. The summed E-state index contributed by atoms with van der Waals surface area (Å²) < 4.78 is 0. The van der Waals surface area contributed by atoms with Crippen LogP contribution in [0.25, 0.3) is 0 Å². The Morgan fingerprint density at radius 1 is 1.53 bits per heavy atom. The van der Waals surface area contributed by atoms with Crippen molar-refractivity contribution in [1.29, 1.82) is 0 Å². The fourth-order valence-corrected chi connectivity index (χ4v) is 2.58. The molecule has 0 bridgehead atoms. The zero-order chi connectivity index (χ0) is 13.9. The molecule has 4 heteroatoms. The van der Waals surface area contributed by atoms with Crippen molar-refractivity contribution in [1.82, 2.24) is 4.90 Å². The van der Waals surface area contributed by atoms with E-state index in [1.165, 1.54) is 0 Å². The number of amides is 1. The van der Waals surface area contributed by atoms with Crippen molar-refractivity contribution >= 4 is 11.6 Å². The van der Waals surface area contributed by atoms with E-state index in [-0.39, 0.29) is 5.91 Å². The van der Waals surface area contributed by atoms with E-state index in [4.69, 9.17) is 0 Å². The SMILES string of the molecule is Cc1cccc(NC(=O)CN2CCCC(C)(O)C2)c1. The summed E-state index contributed by atoms with van der Waals surface area (Å²) in [7, 11) is 0. The van der Waals surface area contributed by atoms with Gasteiger partial charge in [0.1, 0.15) is 0 Å². The van der Waals surface area contributed by atoms with Gasteiger partial charge in [0.15, 0.2) is 0 Å². The highest BCUT2D eigenvalue weighted by Crippen LogP contribution is 2.20. The number of hydrogen-bond acceptors (Lipinski definition) is 3. The first kappa shape index (κ1) is 14.0. The van der Waals surface area contributed by atoms with Gasteiger partial charge in [0.25, 0.3) is 0 Å². The number of anilines is 1. The smallest absolute Gasteiger partial charge is 0.238 e. The van der Waals surface area contributed by atoms with Crippen LogP contribution >= 0.6 is 0 Å². The summed E-state index contributed by atoms with van der Waals surface area (Å²) in [6.07, 6.45) is 1.74. The quantitative estimate of drug-likeness (QED) is 0.873. The van der Waals surface area contributed by atoms with Crippen LogP contribution in [0.4, 0.5) is 5.69 Å². The lowest BCUT2D eigenvalue weighted by atomic mass is 9.95. The predicted molar refractivity (Wildman–Crippen MR) is 76.1 cm³/mol. The monoisotopic (exact) mass is 262 g/mol. The molecular weight excluding hydrogens is 240 g/mol. The molecule has 1 aromatic carbocycles. The van der Waals surface area contributed by atoms with Crippen molar-refractivity contribution in [3.8, 4) is 0 Å². The average Bonchev–Trinajstić information content (AvgIpc) is 2.27. The number of aryl methyl sites for hydroxylation is 1. The standard InChI is InChI=1S/C15H22N2O2/c1-12-5-3-6-13(9-12)16-14(18)10-17-8-4-7-15(2,19)11-17/h3,5-6,9,19H,4,7-8,10-11H2,1-2H3,(H,16,18). The minimum atomic E-state index is -0.665.